The monoisotopic (exact) mass is 331 g/mol. The lowest BCUT2D eigenvalue weighted by atomic mass is 9.76. The number of hydrogen-bond donors (Lipinski definition) is 2. The summed E-state index contributed by atoms with van der Waals surface area (Å²) in [4.78, 5) is 26.0. The lowest BCUT2D eigenvalue weighted by Gasteiger charge is -2.30. The van der Waals surface area contributed by atoms with Crippen LogP contribution in [-0.2, 0) is 16.0 Å². The Morgan fingerprint density at radius 3 is 2.61 bits per heavy atom. The average Bonchev–Trinajstić information content (AvgIpc) is 2.80. The number of carbonyl (C=O) groups excluding carboxylic acids is 1. The summed E-state index contributed by atoms with van der Waals surface area (Å²) in [5.41, 5.74) is -0.403. The van der Waals surface area contributed by atoms with E-state index >= 15 is 0 Å². The van der Waals surface area contributed by atoms with Gasteiger partial charge in [0.2, 0.25) is 5.91 Å². The Hall–Kier alpha value is -1.84. The van der Waals surface area contributed by atoms with Gasteiger partial charge in [-0.3, -0.25) is 4.79 Å². The highest BCUT2D eigenvalue weighted by molar-refractivity contribution is 5.85. The first-order valence-corrected chi connectivity index (χ1v) is 6.97. The van der Waals surface area contributed by atoms with Gasteiger partial charge in [0.15, 0.2) is 0 Å². The molecule has 4 heteroatoms. The Balaban J connectivity index is 2.83. The SMILES string of the molecule is [2H]OC(=O)[C@@]([2H])(NC(=O)C1([2H])C([2H])([2H])C([2H])([2H])C([2H])(C(C)C)C([2H])([2H])C1([2H])[2H])C([2H])([2H])c1ccccc1. The molecule has 0 spiro atoms. The lowest BCUT2D eigenvalue weighted by molar-refractivity contribution is -0.142. The molecule has 0 aliphatic heterocycles. The molecule has 1 atom stereocenters. The molecule has 1 aromatic rings. The van der Waals surface area contributed by atoms with Crippen molar-refractivity contribution in [2.45, 2.75) is 51.7 Å². The van der Waals surface area contributed by atoms with E-state index in [1.165, 1.54) is 23.5 Å². The third kappa shape index (κ3) is 5.08. The molecule has 2 N–H and O–H groups in total. The van der Waals surface area contributed by atoms with E-state index in [0.717, 1.165) is 26.0 Å². The van der Waals surface area contributed by atoms with Crippen molar-refractivity contribution in [1.29, 1.82) is 1.43 Å². The smallest absolute Gasteiger partial charge is 0.326 e. The van der Waals surface area contributed by atoms with E-state index in [0.29, 0.717) is 0 Å². The predicted molar refractivity (Wildman–Crippen MR) is 90.0 cm³/mol. The Morgan fingerprint density at radius 1 is 1.39 bits per heavy atom. The summed E-state index contributed by atoms with van der Waals surface area (Å²) in [6.07, 6.45) is -18.6. The molecule has 1 aliphatic carbocycles. The minimum atomic E-state index is -4.12. The molecule has 1 amide bonds. The van der Waals surface area contributed by atoms with E-state index in [2.05, 4.69) is 5.11 Å². The van der Waals surface area contributed by atoms with Crippen LogP contribution in [-0.4, -0.2) is 23.0 Å². The Morgan fingerprint density at radius 2 is 2.04 bits per heavy atom. The van der Waals surface area contributed by atoms with Crippen molar-refractivity contribution in [3.8, 4) is 0 Å². The van der Waals surface area contributed by atoms with E-state index in [1.54, 1.807) is 0 Å². The lowest BCUT2D eigenvalue weighted by Crippen LogP contribution is -2.45. The second kappa shape index (κ2) is 8.14. The number of carbonyl (C=O) groups is 2. The Labute approximate surface area is 158 Å². The van der Waals surface area contributed by atoms with Crippen molar-refractivity contribution in [3.05, 3.63) is 35.9 Å². The number of rotatable bonds is 6. The standard InChI is InChI=1S/C19H27NO3/c1-13(2)15-8-10-16(11-9-15)18(21)20-17(19(22)23)12-14-6-4-3-5-7-14/h3-7,13,15-17H,8-12H2,1-2H3,(H,20,21)(H,22,23)/t15?,16?,17-/m0/s1/i8D2,9D2,10D2,11D2,12D2,15D,16D,17D/hD. The maximum Gasteiger partial charge on any atom is 0.326 e. The van der Waals surface area contributed by atoms with Gasteiger partial charge in [0.25, 0.3) is 1.43 Å². The number of carboxylic acids is 1. The first kappa shape index (κ1) is 6.58. The summed E-state index contributed by atoms with van der Waals surface area (Å²) in [5, 5.41) is 5.17. The molecular formula is C19H27NO3. The molecule has 1 aromatic carbocycles. The molecular weight excluding hydrogens is 290 g/mol. The minimum Gasteiger partial charge on any atom is -0.480 e. The first-order valence-electron chi connectivity index (χ1n) is 13.9. The molecule has 0 aromatic heterocycles. The van der Waals surface area contributed by atoms with Gasteiger partial charge in [-0.15, -0.1) is 0 Å². The van der Waals surface area contributed by atoms with Crippen molar-refractivity contribution in [2.75, 3.05) is 0 Å². The van der Waals surface area contributed by atoms with Crippen molar-refractivity contribution in [1.82, 2.24) is 5.32 Å². The highest BCUT2D eigenvalue weighted by Gasteiger charge is 2.30. The molecule has 126 valence electrons. The average molecular weight is 332 g/mol. The van der Waals surface area contributed by atoms with Crippen LogP contribution >= 0.6 is 0 Å². The molecule has 0 heterocycles. The first-order chi connectivity index (χ1) is 16.4. The highest BCUT2D eigenvalue weighted by atomic mass is 16.4. The summed E-state index contributed by atoms with van der Waals surface area (Å²) in [7, 11) is 0. The number of nitrogens with one attached hydrogen (secondary N) is 1. The largest absolute Gasteiger partial charge is 0.480 e. The molecule has 1 fully saturated rings. The number of hydrogen-bond acceptors (Lipinski definition) is 3. The van der Waals surface area contributed by atoms with Crippen LogP contribution in [0.3, 0.4) is 0 Å². The molecule has 0 bridgehead atoms. The maximum absolute atomic E-state index is 13.5. The summed E-state index contributed by atoms with van der Waals surface area (Å²) in [6, 6.07) is 2.67. The van der Waals surface area contributed by atoms with Gasteiger partial charge in [-0.1, -0.05) is 44.2 Å². The van der Waals surface area contributed by atoms with Crippen LogP contribution in [0.5, 0.6) is 0 Å². The zero-order valence-corrected chi connectivity index (χ0v) is 12.7. The van der Waals surface area contributed by atoms with E-state index in [9.17, 15) is 9.59 Å². The van der Waals surface area contributed by atoms with Gasteiger partial charge >= 0.3 is 5.97 Å². The van der Waals surface area contributed by atoms with Crippen LogP contribution < -0.4 is 5.32 Å². The third-order valence-electron chi connectivity index (χ3n) is 2.93. The van der Waals surface area contributed by atoms with E-state index in [-0.39, 0.29) is 0 Å². The molecule has 4 nitrogen and oxygen atoms in total. The normalized spacial score (nSPS) is 48.5. The quantitative estimate of drug-likeness (QED) is 0.841. The summed E-state index contributed by atoms with van der Waals surface area (Å²) >= 11 is 0. The molecule has 0 radical (unpaired) electrons. The number of aliphatic carboxylic acids is 1. The fourth-order valence-corrected chi connectivity index (χ4v) is 1.70. The van der Waals surface area contributed by atoms with Gasteiger partial charge in [0, 0.05) is 28.7 Å². The zero-order valence-electron chi connectivity index (χ0n) is 26.7. The maximum atomic E-state index is 13.5. The van der Waals surface area contributed by atoms with Gasteiger partial charge in [-0.2, -0.15) is 0 Å². The summed E-state index contributed by atoms with van der Waals surface area (Å²) < 4.78 is 116. The van der Waals surface area contributed by atoms with Crippen LogP contribution in [0, 0.1) is 17.7 Å². The fraction of sp³-hybridized carbons (Fsp3) is 0.579. The highest BCUT2D eigenvalue weighted by Crippen LogP contribution is 2.33. The van der Waals surface area contributed by atoms with Gasteiger partial charge in [0.1, 0.15) is 6.02 Å². The van der Waals surface area contributed by atoms with E-state index in [4.69, 9.17) is 19.3 Å². The number of benzene rings is 1. The third-order valence-corrected chi connectivity index (χ3v) is 2.93. The molecule has 1 saturated carbocycles. The minimum absolute atomic E-state index is 0.403. The zero-order chi connectivity index (χ0) is 29.3. The van der Waals surface area contributed by atoms with Gasteiger partial charge in [0.05, 0.1) is 1.37 Å². The second-order valence-corrected chi connectivity index (χ2v) is 5.05. The molecule has 1 aliphatic rings. The van der Waals surface area contributed by atoms with Crippen LogP contribution in [0.25, 0.3) is 1.43 Å². The van der Waals surface area contributed by atoms with Crippen molar-refractivity contribution >= 4 is 11.9 Å². The second-order valence-electron chi connectivity index (χ2n) is 5.05. The van der Waals surface area contributed by atoms with Crippen LogP contribution in [0.1, 0.15) is 62.7 Å². The fourth-order valence-electron chi connectivity index (χ4n) is 1.70. The number of carboxylic acid groups (broad SMARTS) is 1. The van der Waals surface area contributed by atoms with Crippen molar-refractivity contribution in [3.63, 3.8) is 0 Å². The summed E-state index contributed by atoms with van der Waals surface area (Å²) in [5.74, 6) is -13.0. The van der Waals surface area contributed by atoms with Gasteiger partial charge in [-0.25, -0.2) is 4.79 Å². The molecule has 2 rings (SSSR count). The van der Waals surface area contributed by atoms with E-state index < -0.39 is 73.0 Å². The molecule has 0 saturated heterocycles. The summed E-state index contributed by atoms with van der Waals surface area (Å²) in [6.45, 7) is 2.30. The van der Waals surface area contributed by atoms with Crippen LogP contribution in [0.4, 0.5) is 0 Å². The predicted octanol–water partition coefficient (Wildman–Crippen LogP) is 3.26. The van der Waals surface area contributed by atoms with Gasteiger partial charge in [-0.05, 0) is 42.9 Å². The van der Waals surface area contributed by atoms with Gasteiger partial charge < -0.3 is 10.4 Å². The topological polar surface area (TPSA) is 66.4 Å². The van der Waals surface area contributed by atoms with Crippen molar-refractivity contribution in [2.24, 2.45) is 17.7 Å². The molecule has 0 unspecified atom stereocenters. The van der Waals surface area contributed by atoms with E-state index in [1.807, 2.05) is 0 Å². The Kier molecular flexibility index (Phi) is 2.33. The number of amides is 1. The van der Waals surface area contributed by atoms with Crippen LogP contribution in [0.2, 0.25) is 0 Å². The van der Waals surface area contributed by atoms with Crippen LogP contribution in [0.15, 0.2) is 30.3 Å². The van der Waals surface area contributed by atoms with Crippen molar-refractivity contribution < 1.29 is 32.5 Å². The molecule has 23 heavy (non-hydrogen) atoms. The Bertz CT molecular complexity index is 1030.